The van der Waals surface area contributed by atoms with Gasteiger partial charge in [-0.1, -0.05) is 0 Å². The van der Waals surface area contributed by atoms with Crippen LogP contribution in [0.2, 0.25) is 0 Å². The smallest absolute Gasteiger partial charge is 0.157 e. The van der Waals surface area contributed by atoms with Gasteiger partial charge in [0.1, 0.15) is 16.7 Å². The number of aromatic nitrogens is 6. The fraction of sp³-hybridized carbons (Fsp3) is 0.0435. The van der Waals surface area contributed by atoms with Gasteiger partial charge in [-0.3, -0.25) is 15.1 Å². The zero-order chi connectivity index (χ0) is 20.9. The van der Waals surface area contributed by atoms with Crippen molar-refractivity contribution in [2.24, 2.45) is 0 Å². The van der Waals surface area contributed by atoms with Crippen molar-refractivity contribution < 1.29 is 4.39 Å². The maximum atomic E-state index is 14.9. The Hall–Kier alpha value is -3.91. The van der Waals surface area contributed by atoms with E-state index in [2.05, 4.69) is 25.1 Å². The SMILES string of the molecule is Cc1ccncc1-c1cc(F)c2n[nH]c(-c3nc4c(-c5ccsc5)nccc4[nH]3)c2c1. The number of aryl methyl sites for hydroxylation is 1. The van der Waals surface area contributed by atoms with Gasteiger partial charge in [0.15, 0.2) is 11.6 Å². The molecule has 0 bridgehead atoms. The second-order valence-corrected chi connectivity index (χ2v) is 8.08. The molecule has 0 amide bonds. The van der Waals surface area contributed by atoms with Gasteiger partial charge < -0.3 is 4.98 Å². The average Bonchev–Trinajstić information content (AvgIpc) is 3.52. The molecule has 8 heteroatoms. The highest BCUT2D eigenvalue weighted by Gasteiger charge is 2.18. The van der Waals surface area contributed by atoms with Gasteiger partial charge >= 0.3 is 0 Å². The third-order valence-corrected chi connectivity index (χ3v) is 6.08. The van der Waals surface area contributed by atoms with Gasteiger partial charge in [0, 0.05) is 40.5 Å². The Kier molecular flexibility index (Phi) is 3.94. The van der Waals surface area contributed by atoms with Crippen molar-refractivity contribution >= 4 is 33.3 Å². The standard InChI is InChI=1S/C23H15FN6S/c1-12-2-5-25-10-16(12)14-8-15-20(17(24)9-14)29-30-21(15)23-27-18-3-6-26-19(22(18)28-23)13-4-7-31-11-13/h2-11H,1H3,(H,27,28)(H,29,30). The Labute approximate surface area is 179 Å². The number of fused-ring (bicyclic) bond motifs is 2. The maximum absolute atomic E-state index is 14.9. The monoisotopic (exact) mass is 426 g/mol. The number of nitrogens with one attached hydrogen (secondary N) is 2. The average molecular weight is 426 g/mol. The first-order valence-corrected chi connectivity index (χ1v) is 10.6. The van der Waals surface area contributed by atoms with Crippen molar-refractivity contribution in [3.8, 4) is 33.9 Å². The van der Waals surface area contributed by atoms with Crippen molar-refractivity contribution in [1.82, 2.24) is 30.1 Å². The molecule has 0 saturated heterocycles. The first-order chi connectivity index (χ1) is 15.2. The summed E-state index contributed by atoms with van der Waals surface area (Å²) in [6.45, 7) is 1.98. The van der Waals surface area contributed by atoms with Crippen molar-refractivity contribution in [2.45, 2.75) is 6.92 Å². The summed E-state index contributed by atoms with van der Waals surface area (Å²) in [6, 6.07) is 9.22. The van der Waals surface area contributed by atoms with Crippen LogP contribution in [-0.2, 0) is 0 Å². The van der Waals surface area contributed by atoms with Gasteiger partial charge in [0.2, 0.25) is 0 Å². The summed E-state index contributed by atoms with van der Waals surface area (Å²) >= 11 is 1.61. The summed E-state index contributed by atoms with van der Waals surface area (Å²) in [5.41, 5.74) is 6.99. The van der Waals surface area contributed by atoms with Crippen molar-refractivity contribution in [1.29, 1.82) is 0 Å². The third kappa shape index (κ3) is 2.83. The molecule has 0 atom stereocenters. The molecule has 0 aliphatic heterocycles. The van der Waals surface area contributed by atoms with Crippen LogP contribution >= 0.6 is 11.3 Å². The molecule has 0 aliphatic carbocycles. The van der Waals surface area contributed by atoms with E-state index >= 15 is 0 Å². The first-order valence-electron chi connectivity index (χ1n) is 9.65. The second kappa shape index (κ2) is 6.82. The van der Waals surface area contributed by atoms with E-state index in [1.165, 1.54) is 6.07 Å². The van der Waals surface area contributed by atoms with Gasteiger partial charge in [0.25, 0.3) is 0 Å². The number of hydrogen-bond acceptors (Lipinski definition) is 5. The van der Waals surface area contributed by atoms with Crippen molar-refractivity contribution in [3.63, 3.8) is 0 Å². The zero-order valence-corrected chi connectivity index (χ0v) is 17.2. The van der Waals surface area contributed by atoms with Crippen LogP contribution in [0.25, 0.3) is 55.8 Å². The molecule has 5 aromatic heterocycles. The van der Waals surface area contributed by atoms with E-state index in [1.54, 1.807) is 29.9 Å². The minimum atomic E-state index is -0.394. The van der Waals surface area contributed by atoms with Gasteiger partial charge in [0.05, 0.1) is 11.2 Å². The fourth-order valence-electron chi connectivity index (χ4n) is 3.84. The molecule has 5 heterocycles. The number of nitrogens with zero attached hydrogens (tertiary/aromatic N) is 4. The van der Waals surface area contributed by atoms with Crippen LogP contribution in [0.4, 0.5) is 4.39 Å². The van der Waals surface area contributed by atoms with Crippen LogP contribution in [0.5, 0.6) is 0 Å². The van der Waals surface area contributed by atoms with Gasteiger partial charge in [-0.25, -0.2) is 9.37 Å². The lowest BCUT2D eigenvalue weighted by Gasteiger charge is -2.06. The number of thiophene rings is 1. The number of hydrogen-bond donors (Lipinski definition) is 2. The van der Waals surface area contributed by atoms with Crippen LogP contribution in [-0.4, -0.2) is 30.1 Å². The van der Waals surface area contributed by atoms with Crippen LogP contribution < -0.4 is 0 Å². The van der Waals surface area contributed by atoms with Gasteiger partial charge in [-0.15, -0.1) is 0 Å². The number of pyridine rings is 2. The van der Waals surface area contributed by atoms with Crippen LogP contribution in [0.1, 0.15) is 5.56 Å². The van der Waals surface area contributed by atoms with Crippen LogP contribution in [0.15, 0.2) is 59.7 Å². The van der Waals surface area contributed by atoms with E-state index in [0.29, 0.717) is 16.9 Å². The van der Waals surface area contributed by atoms with Gasteiger partial charge in [-0.2, -0.15) is 16.4 Å². The first kappa shape index (κ1) is 17.9. The molecule has 0 spiro atoms. The molecule has 6 aromatic rings. The lowest BCUT2D eigenvalue weighted by molar-refractivity contribution is 0.636. The molecule has 0 fully saturated rings. The Morgan fingerprint density at radius 3 is 2.81 bits per heavy atom. The number of imidazole rings is 1. The molecule has 150 valence electrons. The van der Waals surface area contributed by atoms with Gasteiger partial charge in [-0.05, 0) is 53.8 Å². The summed E-state index contributed by atoms with van der Waals surface area (Å²) < 4.78 is 14.9. The molecule has 2 N–H and O–H groups in total. The summed E-state index contributed by atoms with van der Waals surface area (Å²) in [6.07, 6.45) is 5.23. The Morgan fingerprint density at radius 2 is 1.97 bits per heavy atom. The molecular formula is C23H15FN6S. The quantitative estimate of drug-likeness (QED) is 0.378. The van der Waals surface area contributed by atoms with Crippen molar-refractivity contribution in [3.05, 3.63) is 71.1 Å². The Morgan fingerprint density at radius 1 is 1.03 bits per heavy atom. The minimum absolute atomic E-state index is 0.275. The summed E-state index contributed by atoms with van der Waals surface area (Å²) in [4.78, 5) is 16.8. The second-order valence-electron chi connectivity index (χ2n) is 7.30. The predicted molar refractivity (Wildman–Crippen MR) is 120 cm³/mol. The lowest BCUT2D eigenvalue weighted by atomic mass is 10.0. The number of benzene rings is 1. The van der Waals surface area contributed by atoms with Crippen LogP contribution in [0, 0.1) is 12.7 Å². The fourth-order valence-corrected chi connectivity index (χ4v) is 4.48. The molecule has 0 radical (unpaired) electrons. The Balaban J connectivity index is 1.56. The van der Waals surface area contributed by atoms with E-state index in [9.17, 15) is 4.39 Å². The highest BCUT2D eigenvalue weighted by molar-refractivity contribution is 7.08. The molecule has 0 aliphatic rings. The number of rotatable bonds is 3. The normalized spacial score (nSPS) is 11.5. The van der Waals surface area contributed by atoms with Crippen LogP contribution in [0.3, 0.4) is 0 Å². The molecule has 0 unspecified atom stereocenters. The Bertz CT molecular complexity index is 1560. The molecule has 1 aromatic carbocycles. The molecule has 31 heavy (non-hydrogen) atoms. The van der Waals surface area contributed by atoms with E-state index in [0.717, 1.165) is 39.0 Å². The topological polar surface area (TPSA) is 83.1 Å². The highest BCUT2D eigenvalue weighted by atomic mass is 32.1. The predicted octanol–water partition coefficient (Wildman–Crippen LogP) is 5.74. The zero-order valence-electron chi connectivity index (χ0n) is 16.3. The molecule has 6 nitrogen and oxygen atoms in total. The van der Waals surface area contributed by atoms with E-state index in [-0.39, 0.29) is 5.52 Å². The molecule has 0 saturated carbocycles. The summed E-state index contributed by atoms with van der Waals surface area (Å²) in [5.74, 6) is 0.191. The lowest BCUT2D eigenvalue weighted by Crippen LogP contribution is -1.88. The van der Waals surface area contributed by atoms with E-state index in [4.69, 9.17) is 4.98 Å². The number of aromatic amines is 2. The summed E-state index contributed by atoms with van der Waals surface area (Å²) in [7, 11) is 0. The molecule has 6 rings (SSSR count). The van der Waals surface area contributed by atoms with E-state index < -0.39 is 5.82 Å². The van der Waals surface area contributed by atoms with E-state index in [1.807, 2.05) is 41.9 Å². The number of H-pyrrole nitrogens is 2. The van der Waals surface area contributed by atoms with Crippen molar-refractivity contribution in [2.75, 3.05) is 0 Å². The third-order valence-electron chi connectivity index (χ3n) is 5.39. The number of halogens is 1. The maximum Gasteiger partial charge on any atom is 0.157 e. The summed E-state index contributed by atoms with van der Waals surface area (Å²) in [5, 5.41) is 11.9. The largest absolute Gasteiger partial charge is 0.337 e. The highest BCUT2D eigenvalue weighted by Crippen LogP contribution is 2.34. The molecular weight excluding hydrogens is 411 g/mol. The minimum Gasteiger partial charge on any atom is -0.337 e.